The highest BCUT2D eigenvalue weighted by molar-refractivity contribution is 6.02. The normalized spacial score (nSPS) is 20.4. The molecule has 0 bridgehead atoms. The zero-order valence-electron chi connectivity index (χ0n) is 15.7. The Morgan fingerprint density at radius 2 is 1.85 bits per heavy atom. The zero-order valence-corrected chi connectivity index (χ0v) is 15.7. The average molecular weight is 374 g/mol. The van der Waals surface area contributed by atoms with Crippen LogP contribution in [-0.2, 0) is 6.54 Å². The highest BCUT2D eigenvalue weighted by atomic mass is 19.1. The van der Waals surface area contributed by atoms with E-state index in [4.69, 9.17) is 0 Å². The summed E-state index contributed by atoms with van der Waals surface area (Å²) >= 11 is 0. The topological polar surface area (TPSA) is 69.0 Å². The zero-order chi connectivity index (χ0) is 19.5. The van der Waals surface area contributed by atoms with Gasteiger partial charge in [-0.15, -0.1) is 0 Å². The SMILES string of the molecule is C[C@@H]1Cn2cc(C(=O)O)c(=O)c3cc(F)c(N4CCN(C)CC4)c(c32)N1C. The summed E-state index contributed by atoms with van der Waals surface area (Å²) in [4.78, 5) is 30.4. The van der Waals surface area contributed by atoms with Crippen LogP contribution in [0.15, 0.2) is 17.1 Å². The van der Waals surface area contributed by atoms with Crippen LogP contribution in [0.1, 0.15) is 17.3 Å². The van der Waals surface area contributed by atoms with Gasteiger partial charge in [-0.25, -0.2) is 9.18 Å². The number of nitrogens with zero attached hydrogens (tertiary/aromatic N) is 4. The fourth-order valence-electron chi connectivity index (χ4n) is 4.09. The van der Waals surface area contributed by atoms with E-state index in [1.165, 1.54) is 12.3 Å². The van der Waals surface area contributed by atoms with E-state index in [1.807, 2.05) is 30.8 Å². The molecule has 0 saturated carbocycles. The number of likely N-dealkylation sites (N-methyl/N-ethyl adjacent to an activating group) is 2. The predicted molar refractivity (Wildman–Crippen MR) is 103 cm³/mol. The van der Waals surface area contributed by atoms with Crippen molar-refractivity contribution in [1.29, 1.82) is 0 Å². The third kappa shape index (κ3) is 2.66. The van der Waals surface area contributed by atoms with Gasteiger partial charge in [-0.05, 0) is 20.0 Å². The first kappa shape index (κ1) is 17.8. The Morgan fingerprint density at radius 3 is 2.48 bits per heavy atom. The standard InChI is InChI=1S/C19H23FN4O3/c1-11-9-24-10-13(19(26)27)18(25)12-8-14(20)16(17(15(12)24)22(11)3)23-6-4-21(2)5-7-23/h8,10-11H,4-7,9H2,1-3H3,(H,26,27)/t11-/m1/s1. The van der Waals surface area contributed by atoms with E-state index in [-0.39, 0.29) is 17.0 Å². The van der Waals surface area contributed by atoms with Gasteiger partial charge in [0, 0.05) is 52.0 Å². The van der Waals surface area contributed by atoms with Crippen molar-refractivity contribution in [3.05, 3.63) is 33.9 Å². The summed E-state index contributed by atoms with van der Waals surface area (Å²) in [7, 11) is 3.94. The van der Waals surface area contributed by atoms with Gasteiger partial charge in [0.2, 0.25) is 5.43 Å². The Balaban J connectivity index is 2.04. The summed E-state index contributed by atoms with van der Waals surface area (Å²) in [5.41, 5.74) is 0.822. The largest absolute Gasteiger partial charge is 0.477 e. The lowest BCUT2D eigenvalue weighted by molar-refractivity contribution is 0.0694. The quantitative estimate of drug-likeness (QED) is 0.858. The number of pyridine rings is 1. The van der Waals surface area contributed by atoms with Crippen LogP contribution in [0.5, 0.6) is 0 Å². The highest BCUT2D eigenvalue weighted by Crippen LogP contribution is 2.41. The molecule has 27 heavy (non-hydrogen) atoms. The van der Waals surface area contributed by atoms with Gasteiger partial charge in [-0.3, -0.25) is 4.79 Å². The molecule has 3 heterocycles. The molecule has 4 rings (SSSR count). The molecule has 2 aliphatic heterocycles. The average Bonchev–Trinajstić information content (AvgIpc) is 2.62. The van der Waals surface area contributed by atoms with Gasteiger partial charge in [-0.2, -0.15) is 0 Å². The number of anilines is 2. The van der Waals surface area contributed by atoms with E-state index in [9.17, 15) is 14.7 Å². The van der Waals surface area contributed by atoms with Gasteiger partial charge in [0.25, 0.3) is 0 Å². The number of piperazine rings is 1. The van der Waals surface area contributed by atoms with E-state index in [1.54, 1.807) is 4.57 Å². The molecule has 2 aliphatic rings. The minimum atomic E-state index is -1.29. The minimum Gasteiger partial charge on any atom is -0.477 e. The molecular weight excluding hydrogens is 351 g/mol. The van der Waals surface area contributed by atoms with Crippen LogP contribution in [0, 0.1) is 5.82 Å². The number of halogens is 1. The van der Waals surface area contributed by atoms with E-state index >= 15 is 4.39 Å². The Kier molecular flexibility index (Phi) is 4.10. The Morgan fingerprint density at radius 1 is 1.19 bits per heavy atom. The van der Waals surface area contributed by atoms with Crippen LogP contribution < -0.4 is 15.2 Å². The molecule has 2 aromatic rings. The van der Waals surface area contributed by atoms with Gasteiger partial charge >= 0.3 is 5.97 Å². The molecule has 1 N–H and O–H groups in total. The monoisotopic (exact) mass is 374 g/mol. The number of rotatable bonds is 2. The second-order valence-electron chi connectivity index (χ2n) is 7.53. The van der Waals surface area contributed by atoms with Crippen molar-refractivity contribution in [2.45, 2.75) is 19.5 Å². The van der Waals surface area contributed by atoms with Crippen LogP contribution in [0.4, 0.5) is 15.8 Å². The molecule has 1 aromatic heterocycles. The molecule has 0 radical (unpaired) electrons. The van der Waals surface area contributed by atoms with Crippen molar-refractivity contribution in [3.63, 3.8) is 0 Å². The fraction of sp³-hybridized carbons (Fsp3) is 0.474. The van der Waals surface area contributed by atoms with E-state index in [2.05, 4.69) is 4.90 Å². The van der Waals surface area contributed by atoms with E-state index in [0.29, 0.717) is 36.5 Å². The molecule has 1 saturated heterocycles. The molecule has 0 spiro atoms. The lowest BCUT2D eigenvalue weighted by Crippen LogP contribution is -2.46. The number of carboxylic acid groups (broad SMARTS) is 1. The molecule has 1 fully saturated rings. The maximum atomic E-state index is 15.2. The number of carboxylic acids is 1. The molecule has 7 nitrogen and oxygen atoms in total. The first-order chi connectivity index (χ1) is 12.8. The van der Waals surface area contributed by atoms with Crippen molar-refractivity contribution < 1.29 is 14.3 Å². The Hall–Kier alpha value is -2.61. The molecule has 0 amide bonds. The molecule has 0 aliphatic carbocycles. The first-order valence-electron chi connectivity index (χ1n) is 9.09. The van der Waals surface area contributed by atoms with Crippen molar-refractivity contribution in [1.82, 2.24) is 9.47 Å². The van der Waals surface area contributed by atoms with Gasteiger partial charge in [0.05, 0.1) is 22.3 Å². The summed E-state index contributed by atoms with van der Waals surface area (Å²) in [5.74, 6) is -1.77. The highest BCUT2D eigenvalue weighted by Gasteiger charge is 2.32. The third-order valence-corrected chi connectivity index (χ3v) is 5.79. The number of benzene rings is 1. The summed E-state index contributed by atoms with van der Waals surface area (Å²) in [6, 6.07) is 1.25. The van der Waals surface area contributed by atoms with Crippen molar-refractivity contribution in [2.75, 3.05) is 50.1 Å². The molecular formula is C19H23FN4O3. The summed E-state index contributed by atoms with van der Waals surface area (Å²) in [5, 5.41) is 9.50. The molecule has 1 aromatic carbocycles. The second kappa shape index (κ2) is 6.23. The summed E-state index contributed by atoms with van der Waals surface area (Å²) in [6.07, 6.45) is 1.39. The van der Waals surface area contributed by atoms with Crippen LogP contribution >= 0.6 is 0 Å². The maximum absolute atomic E-state index is 15.2. The second-order valence-corrected chi connectivity index (χ2v) is 7.53. The number of carbonyl (C=O) groups is 1. The van der Waals surface area contributed by atoms with Gasteiger partial charge < -0.3 is 24.4 Å². The van der Waals surface area contributed by atoms with Crippen LogP contribution in [-0.4, -0.2) is 66.9 Å². The number of hydrogen-bond donors (Lipinski definition) is 1. The number of aromatic nitrogens is 1. The molecule has 144 valence electrons. The molecule has 8 heteroatoms. The number of hydrogen-bond acceptors (Lipinski definition) is 5. The number of aromatic carboxylic acids is 1. The van der Waals surface area contributed by atoms with E-state index < -0.39 is 17.2 Å². The maximum Gasteiger partial charge on any atom is 0.341 e. The Labute approximate surface area is 156 Å². The lowest BCUT2D eigenvalue weighted by Gasteiger charge is -2.41. The van der Waals surface area contributed by atoms with E-state index in [0.717, 1.165) is 13.1 Å². The van der Waals surface area contributed by atoms with Gasteiger partial charge in [0.1, 0.15) is 11.4 Å². The van der Waals surface area contributed by atoms with Crippen molar-refractivity contribution in [2.24, 2.45) is 0 Å². The first-order valence-corrected chi connectivity index (χ1v) is 9.09. The summed E-state index contributed by atoms with van der Waals surface area (Å²) < 4.78 is 17.0. The molecule has 1 atom stereocenters. The predicted octanol–water partition coefficient (Wildman–Crippen LogP) is 1.43. The molecule has 0 unspecified atom stereocenters. The Bertz CT molecular complexity index is 995. The van der Waals surface area contributed by atoms with Crippen molar-refractivity contribution in [3.8, 4) is 0 Å². The van der Waals surface area contributed by atoms with Crippen molar-refractivity contribution >= 4 is 28.2 Å². The minimum absolute atomic E-state index is 0.0397. The van der Waals surface area contributed by atoms with Crippen LogP contribution in [0.25, 0.3) is 10.9 Å². The lowest BCUT2D eigenvalue weighted by atomic mass is 10.0. The fourth-order valence-corrected chi connectivity index (χ4v) is 4.09. The smallest absolute Gasteiger partial charge is 0.341 e. The summed E-state index contributed by atoms with van der Waals surface area (Å²) in [6.45, 7) is 5.61. The van der Waals surface area contributed by atoms with Crippen LogP contribution in [0.2, 0.25) is 0 Å². The van der Waals surface area contributed by atoms with Gasteiger partial charge in [-0.1, -0.05) is 0 Å². The van der Waals surface area contributed by atoms with Crippen LogP contribution in [0.3, 0.4) is 0 Å². The van der Waals surface area contributed by atoms with Gasteiger partial charge in [0.15, 0.2) is 0 Å². The third-order valence-electron chi connectivity index (χ3n) is 5.79.